The van der Waals surface area contributed by atoms with Crippen molar-refractivity contribution in [2.45, 2.75) is 17.4 Å². The van der Waals surface area contributed by atoms with Crippen molar-refractivity contribution < 1.29 is 21.6 Å². The van der Waals surface area contributed by atoms with Crippen LogP contribution in [0, 0.1) is 17.5 Å². The molecule has 4 rings (SSSR count). The lowest BCUT2D eigenvalue weighted by molar-refractivity contribution is 0.555. The molecule has 2 aromatic carbocycles. The molecule has 1 atom stereocenters. The highest BCUT2D eigenvalue weighted by Crippen LogP contribution is 2.27. The van der Waals surface area contributed by atoms with Gasteiger partial charge in [-0.1, -0.05) is 18.2 Å². The van der Waals surface area contributed by atoms with Crippen molar-refractivity contribution in [1.82, 2.24) is 10.3 Å². The summed E-state index contributed by atoms with van der Waals surface area (Å²) in [6, 6.07) is 7.28. The predicted molar refractivity (Wildman–Crippen MR) is 119 cm³/mol. The molecule has 2 heterocycles. The van der Waals surface area contributed by atoms with Crippen LogP contribution in [0.1, 0.15) is 12.0 Å². The molecule has 168 valence electrons. The van der Waals surface area contributed by atoms with Crippen LogP contribution in [0.2, 0.25) is 0 Å². The number of anilines is 2. The van der Waals surface area contributed by atoms with Crippen LogP contribution in [-0.4, -0.2) is 32.5 Å². The average molecular weight is 481 g/mol. The Bertz CT molecular complexity index is 1230. The normalized spacial score (nSPS) is 16.5. The molecule has 0 saturated heterocycles. The SMILES string of the molecule is O=S(=O)(Nc1nccs1)c1cc(F)c(NCC2NCCC=C2c2ccc(F)cc2)cc1F. The molecule has 0 bridgehead atoms. The Morgan fingerprint density at radius 3 is 2.62 bits per heavy atom. The summed E-state index contributed by atoms with van der Waals surface area (Å²) in [6.45, 7) is 0.913. The maximum absolute atomic E-state index is 14.6. The molecule has 1 aliphatic heterocycles. The van der Waals surface area contributed by atoms with E-state index in [1.54, 1.807) is 17.5 Å². The van der Waals surface area contributed by atoms with Crippen LogP contribution in [0.5, 0.6) is 0 Å². The highest BCUT2D eigenvalue weighted by molar-refractivity contribution is 7.93. The van der Waals surface area contributed by atoms with Crippen LogP contribution in [-0.2, 0) is 10.0 Å². The minimum absolute atomic E-state index is 0.0514. The quantitative estimate of drug-likeness (QED) is 0.472. The smallest absolute Gasteiger partial charge is 0.266 e. The Morgan fingerprint density at radius 2 is 1.91 bits per heavy atom. The molecule has 3 N–H and O–H groups in total. The second kappa shape index (κ2) is 9.31. The van der Waals surface area contributed by atoms with Gasteiger partial charge in [0.15, 0.2) is 5.13 Å². The zero-order chi connectivity index (χ0) is 22.7. The Balaban J connectivity index is 1.51. The van der Waals surface area contributed by atoms with E-state index in [4.69, 9.17) is 0 Å². The fourth-order valence-electron chi connectivity index (χ4n) is 3.41. The van der Waals surface area contributed by atoms with E-state index in [9.17, 15) is 21.6 Å². The third kappa shape index (κ3) is 4.95. The Kier molecular flexibility index (Phi) is 6.49. The maximum Gasteiger partial charge on any atom is 0.266 e. The van der Waals surface area contributed by atoms with Crippen LogP contribution < -0.4 is 15.4 Å². The lowest BCUT2D eigenvalue weighted by atomic mass is 9.94. The third-order valence-corrected chi connectivity index (χ3v) is 7.09. The first-order valence-electron chi connectivity index (χ1n) is 9.68. The van der Waals surface area contributed by atoms with Crippen molar-refractivity contribution in [2.24, 2.45) is 0 Å². The van der Waals surface area contributed by atoms with Crippen LogP contribution in [0.25, 0.3) is 5.57 Å². The molecule has 0 amide bonds. The molecule has 0 spiro atoms. The van der Waals surface area contributed by atoms with Crippen molar-refractivity contribution in [3.8, 4) is 0 Å². The van der Waals surface area contributed by atoms with Gasteiger partial charge in [-0.25, -0.2) is 26.6 Å². The molecule has 0 fully saturated rings. The summed E-state index contributed by atoms with van der Waals surface area (Å²) in [7, 11) is -4.33. The number of rotatable bonds is 7. The third-order valence-electron chi connectivity index (χ3n) is 4.91. The molecule has 1 unspecified atom stereocenters. The molecule has 0 radical (unpaired) electrons. The predicted octanol–water partition coefficient (Wildman–Crippen LogP) is 4.22. The van der Waals surface area contributed by atoms with Crippen molar-refractivity contribution in [1.29, 1.82) is 0 Å². The van der Waals surface area contributed by atoms with Gasteiger partial charge < -0.3 is 10.6 Å². The van der Waals surface area contributed by atoms with Gasteiger partial charge in [0.2, 0.25) is 0 Å². The Labute approximate surface area is 187 Å². The van der Waals surface area contributed by atoms with E-state index in [0.717, 1.165) is 35.0 Å². The van der Waals surface area contributed by atoms with Gasteiger partial charge in [-0.3, -0.25) is 4.72 Å². The maximum atomic E-state index is 14.6. The van der Waals surface area contributed by atoms with E-state index in [2.05, 4.69) is 20.3 Å². The lowest BCUT2D eigenvalue weighted by Crippen LogP contribution is -2.39. The monoisotopic (exact) mass is 480 g/mol. The Morgan fingerprint density at radius 1 is 1.12 bits per heavy atom. The van der Waals surface area contributed by atoms with E-state index in [-0.39, 0.29) is 29.2 Å². The van der Waals surface area contributed by atoms with Gasteiger partial charge in [0.05, 0.1) is 5.69 Å². The Hall–Kier alpha value is -2.89. The zero-order valence-electron chi connectivity index (χ0n) is 16.6. The number of nitrogens with one attached hydrogen (secondary N) is 3. The highest BCUT2D eigenvalue weighted by atomic mass is 32.2. The van der Waals surface area contributed by atoms with Gasteiger partial charge >= 0.3 is 0 Å². The van der Waals surface area contributed by atoms with Crippen LogP contribution in [0.3, 0.4) is 0 Å². The van der Waals surface area contributed by atoms with Gasteiger partial charge in [0.25, 0.3) is 10.0 Å². The summed E-state index contributed by atoms with van der Waals surface area (Å²) in [5.41, 5.74) is 1.57. The lowest BCUT2D eigenvalue weighted by Gasteiger charge is -2.27. The summed E-state index contributed by atoms with van der Waals surface area (Å²) >= 11 is 1.02. The molecule has 1 aliphatic rings. The summed E-state index contributed by atoms with van der Waals surface area (Å²) in [6.07, 6.45) is 4.19. The van der Waals surface area contributed by atoms with Gasteiger partial charge in [-0.15, -0.1) is 11.3 Å². The molecule has 11 heteroatoms. The summed E-state index contributed by atoms with van der Waals surface area (Å²) in [4.78, 5) is 2.97. The highest BCUT2D eigenvalue weighted by Gasteiger charge is 2.24. The second-order valence-electron chi connectivity index (χ2n) is 7.05. The van der Waals surface area contributed by atoms with E-state index in [0.29, 0.717) is 12.6 Å². The van der Waals surface area contributed by atoms with E-state index < -0.39 is 26.6 Å². The fraction of sp³-hybridized carbons (Fsp3) is 0.190. The summed E-state index contributed by atoms with van der Waals surface area (Å²) in [5.74, 6) is -2.34. The van der Waals surface area contributed by atoms with Crippen LogP contribution in [0.4, 0.5) is 24.0 Å². The molecule has 0 aliphatic carbocycles. The molecular weight excluding hydrogens is 461 g/mol. The van der Waals surface area contributed by atoms with Gasteiger partial charge in [0, 0.05) is 30.2 Å². The molecule has 1 aromatic heterocycles. The number of sulfonamides is 1. The number of hydrogen-bond donors (Lipinski definition) is 3. The van der Waals surface area contributed by atoms with Crippen LogP contribution >= 0.6 is 11.3 Å². The minimum atomic E-state index is -4.33. The van der Waals surface area contributed by atoms with Crippen molar-refractivity contribution in [2.75, 3.05) is 23.1 Å². The first-order valence-corrected chi connectivity index (χ1v) is 12.0. The molecular formula is C21H19F3N4O2S2. The molecule has 3 aromatic rings. The molecule has 6 nitrogen and oxygen atoms in total. The molecule has 32 heavy (non-hydrogen) atoms. The van der Waals surface area contributed by atoms with E-state index in [1.165, 1.54) is 18.3 Å². The number of benzene rings is 2. The summed E-state index contributed by atoms with van der Waals surface area (Å²) in [5, 5.41) is 7.74. The van der Waals surface area contributed by atoms with Gasteiger partial charge in [-0.2, -0.15) is 0 Å². The largest absolute Gasteiger partial charge is 0.381 e. The molecule has 0 saturated carbocycles. The van der Waals surface area contributed by atoms with Crippen molar-refractivity contribution in [3.63, 3.8) is 0 Å². The number of nitrogens with zero attached hydrogens (tertiary/aromatic N) is 1. The number of thiazole rings is 1. The topological polar surface area (TPSA) is 83.1 Å². The van der Waals surface area contributed by atoms with Crippen molar-refractivity contribution >= 4 is 37.8 Å². The first kappa shape index (κ1) is 22.3. The minimum Gasteiger partial charge on any atom is -0.381 e. The summed E-state index contributed by atoms with van der Waals surface area (Å²) < 4.78 is 69.4. The average Bonchev–Trinajstić information content (AvgIpc) is 3.27. The van der Waals surface area contributed by atoms with Gasteiger partial charge in [-0.05, 0) is 42.3 Å². The fourth-order valence-corrected chi connectivity index (χ4v) is 5.27. The second-order valence-corrected chi connectivity index (χ2v) is 9.59. The number of aromatic nitrogens is 1. The number of halogens is 3. The van der Waals surface area contributed by atoms with Crippen molar-refractivity contribution in [3.05, 3.63) is 77.1 Å². The van der Waals surface area contributed by atoms with E-state index >= 15 is 0 Å². The van der Waals surface area contributed by atoms with Gasteiger partial charge in [0.1, 0.15) is 22.3 Å². The zero-order valence-corrected chi connectivity index (χ0v) is 18.2. The standard InChI is InChI=1S/C21H19F3N4O2S2/c22-14-5-3-13(4-6-14)15-2-1-7-25-19(15)12-27-18-10-17(24)20(11-16(18)23)32(29,30)28-21-26-8-9-31-21/h2-6,8-11,19,25,27H,1,7,12H2,(H,26,28). The first-order chi connectivity index (χ1) is 15.3. The van der Waals surface area contributed by atoms with E-state index in [1.807, 2.05) is 6.08 Å². The van der Waals surface area contributed by atoms with Crippen LogP contribution in [0.15, 0.2) is 58.9 Å². The number of hydrogen-bond acceptors (Lipinski definition) is 6.